The third kappa shape index (κ3) is 4.28. The quantitative estimate of drug-likeness (QED) is 0.724. The molecule has 2 aromatic heterocycles. The lowest BCUT2D eigenvalue weighted by atomic mass is 10.2. The molecule has 1 aliphatic rings. The van der Waals surface area contributed by atoms with Gasteiger partial charge in [0.15, 0.2) is 0 Å². The fraction of sp³-hybridized carbons (Fsp3) is 0.294. The highest BCUT2D eigenvalue weighted by molar-refractivity contribution is 6.03. The summed E-state index contributed by atoms with van der Waals surface area (Å²) in [7, 11) is 0. The maximum atomic E-state index is 12.4. The highest BCUT2D eigenvalue weighted by Gasteiger charge is 2.12. The van der Waals surface area contributed by atoms with Crippen LogP contribution < -0.4 is 15.4 Å². The predicted octanol–water partition coefficient (Wildman–Crippen LogP) is 2.65. The second-order valence-corrected chi connectivity index (χ2v) is 5.27. The number of aromatic nitrogens is 3. The Labute approximate surface area is 140 Å². The zero-order valence-electron chi connectivity index (χ0n) is 13.2. The summed E-state index contributed by atoms with van der Waals surface area (Å²) in [5.74, 6) is 0.706. The number of allylic oxidation sites excluding steroid dienone is 1. The molecule has 0 aromatic carbocycles. The van der Waals surface area contributed by atoms with E-state index in [1.54, 1.807) is 30.7 Å². The van der Waals surface area contributed by atoms with Gasteiger partial charge in [0.25, 0.3) is 5.91 Å². The first-order valence-corrected chi connectivity index (χ1v) is 7.93. The van der Waals surface area contributed by atoms with Crippen molar-refractivity contribution in [2.24, 2.45) is 0 Å². The van der Waals surface area contributed by atoms with Gasteiger partial charge in [-0.2, -0.15) is 0 Å². The molecule has 2 bridgehead atoms. The molecular weight excluding hydrogens is 306 g/mol. The molecule has 7 heteroatoms. The molecule has 0 atom stereocenters. The Morgan fingerprint density at radius 3 is 3.00 bits per heavy atom. The lowest BCUT2D eigenvalue weighted by Gasteiger charge is -2.12. The fourth-order valence-electron chi connectivity index (χ4n) is 2.25. The van der Waals surface area contributed by atoms with E-state index < -0.39 is 0 Å². The van der Waals surface area contributed by atoms with Gasteiger partial charge in [0.2, 0.25) is 5.95 Å². The summed E-state index contributed by atoms with van der Waals surface area (Å²) in [6.45, 7) is 1.29. The molecule has 0 unspecified atom stereocenters. The summed E-state index contributed by atoms with van der Waals surface area (Å²) in [6, 6.07) is 3.30. The van der Waals surface area contributed by atoms with Gasteiger partial charge in [-0.05, 0) is 25.3 Å². The van der Waals surface area contributed by atoms with E-state index in [4.69, 9.17) is 4.74 Å². The monoisotopic (exact) mass is 325 g/mol. The zero-order valence-corrected chi connectivity index (χ0v) is 13.2. The standard InChI is InChI=1S/C17H19N5O2/c23-16-13-6-10-20-17(22-13)19-8-4-2-1-3-5-11-24-15-7-9-18-12-14(15)21-16/h1,3,6-7,9-10,12H,2,4-5,8,11H2,(H,21,23)(H,19,20,22)/b3-1-. The summed E-state index contributed by atoms with van der Waals surface area (Å²) in [6.07, 6.45) is 11.7. The van der Waals surface area contributed by atoms with Gasteiger partial charge in [0.05, 0.1) is 12.8 Å². The molecule has 124 valence electrons. The number of hydrogen-bond acceptors (Lipinski definition) is 6. The topological polar surface area (TPSA) is 89.0 Å². The van der Waals surface area contributed by atoms with Crippen molar-refractivity contribution < 1.29 is 9.53 Å². The Balaban J connectivity index is 1.84. The van der Waals surface area contributed by atoms with Gasteiger partial charge in [-0.15, -0.1) is 0 Å². The van der Waals surface area contributed by atoms with Crippen molar-refractivity contribution in [2.45, 2.75) is 19.3 Å². The Kier molecular flexibility index (Phi) is 5.34. The largest absolute Gasteiger partial charge is 0.491 e. The van der Waals surface area contributed by atoms with Crippen LogP contribution in [-0.4, -0.2) is 34.0 Å². The minimum absolute atomic E-state index is 0.286. The van der Waals surface area contributed by atoms with Crippen LogP contribution >= 0.6 is 0 Å². The highest BCUT2D eigenvalue weighted by Crippen LogP contribution is 2.23. The number of rotatable bonds is 0. The summed E-state index contributed by atoms with van der Waals surface area (Å²) in [5, 5.41) is 5.92. The Morgan fingerprint density at radius 2 is 2.04 bits per heavy atom. The Bertz CT molecular complexity index is 732. The average molecular weight is 325 g/mol. The second-order valence-electron chi connectivity index (χ2n) is 5.27. The number of hydrogen-bond donors (Lipinski definition) is 2. The van der Waals surface area contributed by atoms with Gasteiger partial charge in [-0.3, -0.25) is 9.78 Å². The van der Waals surface area contributed by atoms with Crippen LogP contribution in [0.2, 0.25) is 0 Å². The van der Waals surface area contributed by atoms with Gasteiger partial charge in [0, 0.05) is 25.0 Å². The number of anilines is 2. The number of pyridine rings is 1. The van der Waals surface area contributed by atoms with E-state index in [0.717, 1.165) is 25.8 Å². The van der Waals surface area contributed by atoms with Gasteiger partial charge in [-0.1, -0.05) is 12.2 Å². The molecule has 7 nitrogen and oxygen atoms in total. The molecular formula is C17H19N5O2. The Hall–Kier alpha value is -2.96. The van der Waals surface area contributed by atoms with Gasteiger partial charge in [-0.25, -0.2) is 9.97 Å². The number of carbonyl (C=O) groups excluding carboxylic acids is 1. The molecule has 2 N–H and O–H groups in total. The third-order valence-electron chi connectivity index (χ3n) is 3.46. The minimum Gasteiger partial charge on any atom is -0.491 e. The molecule has 0 radical (unpaired) electrons. The molecule has 1 aliphatic heterocycles. The first-order chi connectivity index (χ1) is 11.8. The smallest absolute Gasteiger partial charge is 0.274 e. The summed E-state index contributed by atoms with van der Waals surface area (Å²) in [5.41, 5.74) is 0.806. The van der Waals surface area contributed by atoms with Crippen molar-refractivity contribution in [1.29, 1.82) is 0 Å². The molecule has 1 amide bonds. The minimum atomic E-state index is -0.328. The van der Waals surface area contributed by atoms with Crippen LogP contribution in [0.5, 0.6) is 5.75 Å². The van der Waals surface area contributed by atoms with Crippen LogP contribution in [0.1, 0.15) is 29.8 Å². The molecule has 0 fully saturated rings. The maximum Gasteiger partial charge on any atom is 0.274 e. The van der Waals surface area contributed by atoms with E-state index in [9.17, 15) is 4.79 Å². The molecule has 0 aliphatic carbocycles. The van der Waals surface area contributed by atoms with E-state index in [2.05, 4.69) is 37.7 Å². The fourth-order valence-corrected chi connectivity index (χ4v) is 2.25. The predicted molar refractivity (Wildman–Crippen MR) is 91.2 cm³/mol. The average Bonchev–Trinajstić information content (AvgIpc) is 2.61. The van der Waals surface area contributed by atoms with Crippen LogP contribution in [0.4, 0.5) is 11.6 Å². The normalized spacial score (nSPS) is 16.9. The van der Waals surface area contributed by atoms with Gasteiger partial charge >= 0.3 is 0 Å². The third-order valence-corrected chi connectivity index (χ3v) is 3.46. The molecule has 3 heterocycles. The lowest BCUT2D eigenvalue weighted by molar-refractivity contribution is 0.102. The number of nitrogens with zero attached hydrogens (tertiary/aromatic N) is 3. The van der Waals surface area contributed by atoms with E-state index in [1.165, 1.54) is 0 Å². The molecule has 0 saturated heterocycles. The van der Waals surface area contributed by atoms with Crippen molar-refractivity contribution in [2.75, 3.05) is 23.8 Å². The highest BCUT2D eigenvalue weighted by atomic mass is 16.5. The molecule has 0 spiro atoms. The van der Waals surface area contributed by atoms with Crippen molar-refractivity contribution >= 4 is 17.5 Å². The number of carbonyl (C=O) groups is 1. The van der Waals surface area contributed by atoms with Crippen LogP contribution in [0.3, 0.4) is 0 Å². The van der Waals surface area contributed by atoms with Crippen molar-refractivity contribution in [3.05, 3.63) is 48.6 Å². The number of fused-ring (bicyclic) bond motifs is 3. The molecule has 24 heavy (non-hydrogen) atoms. The van der Waals surface area contributed by atoms with Crippen molar-refractivity contribution in [3.8, 4) is 5.75 Å². The van der Waals surface area contributed by atoms with Crippen LogP contribution in [-0.2, 0) is 0 Å². The van der Waals surface area contributed by atoms with Gasteiger partial charge in [0.1, 0.15) is 17.1 Å². The maximum absolute atomic E-state index is 12.4. The summed E-state index contributed by atoms with van der Waals surface area (Å²) in [4.78, 5) is 24.8. The number of ether oxygens (including phenoxy) is 1. The summed E-state index contributed by atoms with van der Waals surface area (Å²) >= 11 is 0. The lowest BCUT2D eigenvalue weighted by Crippen LogP contribution is -2.16. The van der Waals surface area contributed by atoms with E-state index in [0.29, 0.717) is 24.0 Å². The van der Waals surface area contributed by atoms with Gasteiger partial charge < -0.3 is 15.4 Å². The summed E-state index contributed by atoms with van der Waals surface area (Å²) < 4.78 is 5.74. The first-order valence-electron chi connectivity index (χ1n) is 7.93. The molecule has 2 aromatic rings. The Morgan fingerprint density at radius 1 is 1.12 bits per heavy atom. The van der Waals surface area contributed by atoms with E-state index >= 15 is 0 Å². The van der Waals surface area contributed by atoms with Crippen LogP contribution in [0.25, 0.3) is 0 Å². The SMILES string of the molecule is O=C1Nc2cnccc2OCC/C=C\CCCNc2nccc1n2. The molecule has 3 rings (SSSR count). The van der Waals surface area contributed by atoms with Crippen molar-refractivity contribution in [1.82, 2.24) is 15.0 Å². The number of amides is 1. The van der Waals surface area contributed by atoms with Crippen molar-refractivity contribution in [3.63, 3.8) is 0 Å². The number of nitrogens with one attached hydrogen (secondary N) is 2. The molecule has 0 saturated carbocycles. The van der Waals surface area contributed by atoms with Crippen LogP contribution in [0, 0.1) is 0 Å². The second kappa shape index (κ2) is 8.05. The van der Waals surface area contributed by atoms with E-state index in [1.807, 2.05) is 0 Å². The first kappa shape index (κ1) is 15.9. The zero-order chi connectivity index (χ0) is 16.6. The van der Waals surface area contributed by atoms with E-state index in [-0.39, 0.29) is 11.6 Å². The van der Waals surface area contributed by atoms with Crippen LogP contribution in [0.15, 0.2) is 42.9 Å².